The first-order chi connectivity index (χ1) is 12.0. The fraction of sp³-hybridized carbons (Fsp3) is 0.353. The summed E-state index contributed by atoms with van der Waals surface area (Å²) in [5.41, 5.74) is 0.993. The summed E-state index contributed by atoms with van der Waals surface area (Å²) in [6.07, 6.45) is 2.08. The van der Waals surface area contributed by atoms with E-state index in [4.69, 9.17) is 4.74 Å². The Morgan fingerprint density at radius 2 is 2.08 bits per heavy atom. The van der Waals surface area contributed by atoms with E-state index in [1.807, 2.05) is 0 Å². The lowest BCUT2D eigenvalue weighted by Crippen LogP contribution is -2.31. The molecule has 0 aliphatic carbocycles. The van der Waals surface area contributed by atoms with Crippen molar-refractivity contribution >= 4 is 33.0 Å². The molecular weight excluding hydrogens is 360 g/mol. The van der Waals surface area contributed by atoms with Crippen molar-refractivity contribution in [1.29, 1.82) is 0 Å². The molecule has 3 rings (SSSR count). The van der Waals surface area contributed by atoms with E-state index in [9.17, 15) is 13.2 Å². The van der Waals surface area contributed by atoms with Gasteiger partial charge in [-0.1, -0.05) is 6.07 Å². The van der Waals surface area contributed by atoms with Gasteiger partial charge in [-0.25, -0.2) is 8.42 Å². The number of hydrogen-bond acceptors (Lipinski definition) is 5. The molecule has 0 spiro atoms. The van der Waals surface area contributed by atoms with Crippen molar-refractivity contribution in [3.05, 3.63) is 47.3 Å². The smallest absolute Gasteiger partial charge is 0.273 e. The van der Waals surface area contributed by atoms with Gasteiger partial charge in [-0.2, -0.15) is 0 Å². The van der Waals surface area contributed by atoms with Crippen LogP contribution in [0, 0.1) is 0 Å². The maximum Gasteiger partial charge on any atom is 0.273 e. The summed E-state index contributed by atoms with van der Waals surface area (Å²) in [6.45, 7) is 1.24. The summed E-state index contributed by atoms with van der Waals surface area (Å²) < 4.78 is 32.0. The Morgan fingerprint density at radius 3 is 2.68 bits per heavy atom. The largest absolute Gasteiger partial charge is 0.376 e. The molecule has 0 saturated carbocycles. The summed E-state index contributed by atoms with van der Waals surface area (Å²) in [5, 5.41) is 4.57. The van der Waals surface area contributed by atoms with E-state index in [2.05, 4.69) is 5.32 Å². The van der Waals surface area contributed by atoms with Crippen LogP contribution in [0.5, 0.6) is 0 Å². The summed E-state index contributed by atoms with van der Waals surface area (Å²) in [4.78, 5) is 12.2. The minimum Gasteiger partial charge on any atom is -0.376 e. The lowest BCUT2D eigenvalue weighted by molar-refractivity contribution is 0.0858. The van der Waals surface area contributed by atoms with Crippen LogP contribution in [-0.2, 0) is 14.8 Å². The summed E-state index contributed by atoms with van der Waals surface area (Å²) >= 11 is 1.17. The molecule has 0 unspecified atom stereocenters. The Hall–Kier alpha value is -1.90. The van der Waals surface area contributed by atoms with Gasteiger partial charge in [0.1, 0.15) is 4.21 Å². The molecule has 2 aromatic rings. The molecular formula is C17H20N2O4S2. The number of anilines is 1. The zero-order valence-corrected chi connectivity index (χ0v) is 15.5. The highest BCUT2D eigenvalue weighted by Crippen LogP contribution is 2.25. The highest BCUT2D eigenvalue weighted by Gasteiger charge is 2.22. The molecule has 6 nitrogen and oxygen atoms in total. The van der Waals surface area contributed by atoms with Crippen molar-refractivity contribution in [3.8, 4) is 0 Å². The number of amides is 1. The highest BCUT2D eigenvalue weighted by atomic mass is 32.2. The fourth-order valence-corrected chi connectivity index (χ4v) is 4.98. The molecule has 1 aliphatic rings. The topological polar surface area (TPSA) is 75.7 Å². The number of benzene rings is 1. The van der Waals surface area contributed by atoms with Crippen LogP contribution in [-0.4, -0.2) is 40.6 Å². The minimum atomic E-state index is -3.57. The average Bonchev–Trinajstić information content (AvgIpc) is 3.32. The number of rotatable bonds is 6. The van der Waals surface area contributed by atoms with Gasteiger partial charge in [0, 0.05) is 25.8 Å². The molecule has 1 amide bonds. The van der Waals surface area contributed by atoms with Gasteiger partial charge in [-0.05, 0) is 48.6 Å². The van der Waals surface area contributed by atoms with E-state index in [-0.39, 0.29) is 16.2 Å². The molecule has 1 fully saturated rings. The van der Waals surface area contributed by atoms with Gasteiger partial charge in [-0.15, -0.1) is 11.3 Å². The number of nitrogens with one attached hydrogen (secondary N) is 1. The second kappa shape index (κ2) is 7.55. The van der Waals surface area contributed by atoms with Crippen molar-refractivity contribution in [3.63, 3.8) is 0 Å². The highest BCUT2D eigenvalue weighted by molar-refractivity contribution is 7.94. The van der Waals surface area contributed by atoms with Gasteiger partial charge in [0.15, 0.2) is 0 Å². The molecule has 134 valence electrons. The molecule has 1 atom stereocenters. The predicted molar refractivity (Wildman–Crippen MR) is 97.7 cm³/mol. The van der Waals surface area contributed by atoms with Gasteiger partial charge < -0.3 is 10.1 Å². The van der Waals surface area contributed by atoms with E-state index in [0.717, 1.165) is 19.4 Å². The fourth-order valence-electron chi connectivity index (χ4n) is 2.62. The monoisotopic (exact) mass is 380 g/mol. The Bertz CT molecular complexity index is 811. The standard InChI is InChI=1S/C17H20N2O4S2/c1-19(25(21,22)16-5-3-11-24-16)14-8-6-13(7-9-14)17(20)18-12-15-4-2-10-23-15/h3,5-9,11,15H,2,4,10,12H2,1H3,(H,18,20)/t15-/m0/s1. The van der Waals surface area contributed by atoms with Gasteiger partial charge in [-0.3, -0.25) is 9.10 Å². The van der Waals surface area contributed by atoms with E-state index in [0.29, 0.717) is 17.8 Å². The van der Waals surface area contributed by atoms with Crippen molar-refractivity contribution < 1.29 is 17.9 Å². The van der Waals surface area contributed by atoms with Crippen LogP contribution in [0.4, 0.5) is 5.69 Å². The third kappa shape index (κ3) is 4.02. The second-order valence-corrected chi connectivity index (χ2v) is 8.94. The van der Waals surface area contributed by atoms with Crippen molar-refractivity contribution in [2.45, 2.75) is 23.2 Å². The first-order valence-corrected chi connectivity index (χ1v) is 10.3. The van der Waals surface area contributed by atoms with Crippen LogP contribution in [0.3, 0.4) is 0 Å². The normalized spacial score (nSPS) is 17.4. The summed E-state index contributed by atoms with van der Waals surface area (Å²) in [6, 6.07) is 9.79. The molecule has 1 aliphatic heterocycles. The maximum absolute atomic E-state index is 12.5. The van der Waals surface area contributed by atoms with Crippen LogP contribution in [0.2, 0.25) is 0 Å². The first-order valence-electron chi connectivity index (χ1n) is 8.01. The van der Waals surface area contributed by atoms with Gasteiger partial charge in [0.25, 0.3) is 15.9 Å². The van der Waals surface area contributed by atoms with Crippen LogP contribution >= 0.6 is 11.3 Å². The third-order valence-corrected chi connectivity index (χ3v) is 7.28. The Kier molecular flexibility index (Phi) is 5.41. The van der Waals surface area contributed by atoms with Gasteiger partial charge >= 0.3 is 0 Å². The second-order valence-electron chi connectivity index (χ2n) is 5.80. The summed E-state index contributed by atoms with van der Waals surface area (Å²) in [5.74, 6) is -0.189. The Morgan fingerprint density at radius 1 is 1.32 bits per heavy atom. The van der Waals surface area contributed by atoms with Crippen LogP contribution < -0.4 is 9.62 Å². The number of carbonyl (C=O) groups excluding carboxylic acids is 1. The van der Waals surface area contributed by atoms with Gasteiger partial charge in [0.05, 0.1) is 11.8 Å². The molecule has 2 heterocycles. The Labute approximate surface area is 151 Å². The third-order valence-electron chi connectivity index (χ3n) is 4.12. The lowest BCUT2D eigenvalue weighted by Gasteiger charge is -2.18. The average molecular weight is 380 g/mol. The molecule has 1 saturated heterocycles. The zero-order valence-electron chi connectivity index (χ0n) is 13.8. The van der Waals surface area contributed by atoms with Crippen molar-refractivity contribution in [1.82, 2.24) is 5.32 Å². The molecule has 1 N–H and O–H groups in total. The summed E-state index contributed by atoms with van der Waals surface area (Å²) in [7, 11) is -2.07. The number of thiophene rings is 1. The van der Waals surface area contributed by atoms with Crippen molar-refractivity contribution in [2.75, 3.05) is 24.5 Å². The van der Waals surface area contributed by atoms with Crippen LogP contribution in [0.25, 0.3) is 0 Å². The number of nitrogens with zero attached hydrogens (tertiary/aromatic N) is 1. The molecule has 1 aromatic carbocycles. The SMILES string of the molecule is CN(c1ccc(C(=O)NC[C@@H]2CCCO2)cc1)S(=O)(=O)c1cccs1. The number of hydrogen-bond donors (Lipinski definition) is 1. The molecule has 0 radical (unpaired) electrons. The maximum atomic E-state index is 12.5. The number of sulfonamides is 1. The molecule has 1 aromatic heterocycles. The Balaban J connectivity index is 1.66. The molecule has 8 heteroatoms. The quantitative estimate of drug-likeness (QED) is 0.835. The van der Waals surface area contributed by atoms with E-state index >= 15 is 0 Å². The van der Waals surface area contributed by atoms with Crippen molar-refractivity contribution in [2.24, 2.45) is 0 Å². The molecule has 0 bridgehead atoms. The first kappa shape index (κ1) is 17.9. The van der Waals surface area contributed by atoms with Crippen LogP contribution in [0.15, 0.2) is 46.0 Å². The van der Waals surface area contributed by atoms with E-state index < -0.39 is 10.0 Å². The lowest BCUT2D eigenvalue weighted by atomic mass is 10.2. The zero-order chi connectivity index (χ0) is 17.9. The molecule has 25 heavy (non-hydrogen) atoms. The van der Waals surface area contributed by atoms with Crippen LogP contribution in [0.1, 0.15) is 23.2 Å². The minimum absolute atomic E-state index is 0.0882. The van der Waals surface area contributed by atoms with E-state index in [1.54, 1.807) is 41.8 Å². The number of ether oxygens (including phenoxy) is 1. The number of carbonyl (C=O) groups is 1. The van der Waals surface area contributed by atoms with Gasteiger partial charge in [0.2, 0.25) is 0 Å². The van der Waals surface area contributed by atoms with E-state index in [1.165, 1.54) is 22.7 Å². The predicted octanol–water partition coefficient (Wildman–Crippen LogP) is 2.48.